The molecule has 4 rings (SSSR count). The molecule has 3 aromatic rings. The van der Waals surface area contributed by atoms with Crippen LogP contribution in [0.25, 0.3) is 0 Å². The van der Waals surface area contributed by atoms with Gasteiger partial charge in [0.2, 0.25) is 0 Å². The number of nitrogens with zero attached hydrogens (tertiary/aromatic N) is 3. The monoisotopic (exact) mass is 433 g/mol. The van der Waals surface area contributed by atoms with Crippen LogP contribution in [-0.2, 0) is 16.1 Å². The van der Waals surface area contributed by atoms with Gasteiger partial charge in [-0.05, 0) is 35.9 Å². The first kappa shape index (κ1) is 21.6. The number of amides is 2. The Morgan fingerprint density at radius 3 is 2.41 bits per heavy atom. The molecular formula is C24H27N5O3. The quantitative estimate of drug-likeness (QED) is 0.554. The molecule has 1 aliphatic rings. The van der Waals surface area contributed by atoms with Crippen LogP contribution in [0.4, 0.5) is 5.69 Å². The molecule has 0 radical (unpaired) electrons. The largest absolute Gasteiger partial charge is 0.468 e. The molecule has 0 saturated carbocycles. The first-order valence-corrected chi connectivity index (χ1v) is 10.7. The number of hydrogen-bond acceptors (Lipinski definition) is 6. The zero-order valence-corrected chi connectivity index (χ0v) is 17.8. The molecule has 1 fully saturated rings. The lowest BCUT2D eigenvalue weighted by Gasteiger charge is -2.39. The third-order valence-electron chi connectivity index (χ3n) is 5.59. The summed E-state index contributed by atoms with van der Waals surface area (Å²) in [6.07, 6.45) is 4.94. The van der Waals surface area contributed by atoms with Gasteiger partial charge in [-0.15, -0.1) is 0 Å². The van der Waals surface area contributed by atoms with Gasteiger partial charge in [0.1, 0.15) is 5.76 Å². The van der Waals surface area contributed by atoms with Crippen molar-refractivity contribution in [3.05, 3.63) is 84.6 Å². The number of piperazine rings is 1. The average Bonchev–Trinajstić information content (AvgIpc) is 3.39. The number of furan rings is 1. The first-order chi connectivity index (χ1) is 15.7. The van der Waals surface area contributed by atoms with Crippen molar-refractivity contribution in [3.63, 3.8) is 0 Å². The van der Waals surface area contributed by atoms with Crippen LogP contribution in [0.5, 0.6) is 0 Å². The molecule has 2 N–H and O–H groups in total. The molecule has 0 aliphatic carbocycles. The van der Waals surface area contributed by atoms with Crippen LogP contribution in [0, 0.1) is 0 Å². The Balaban J connectivity index is 1.32. The molecule has 1 aliphatic heterocycles. The lowest BCUT2D eigenvalue weighted by atomic mass is 10.1. The summed E-state index contributed by atoms with van der Waals surface area (Å²) < 4.78 is 5.64. The number of anilines is 1. The van der Waals surface area contributed by atoms with Crippen LogP contribution >= 0.6 is 0 Å². The predicted octanol–water partition coefficient (Wildman–Crippen LogP) is 1.97. The van der Waals surface area contributed by atoms with Gasteiger partial charge in [-0.25, -0.2) is 0 Å². The van der Waals surface area contributed by atoms with E-state index in [1.165, 1.54) is 5.69 Å². The van der Waals surface area contributed by atoms with E-state index in [4.69, 9.17) is 4.42 Å². The van der Waals surface area contributed by atoms with E-state index in [1.54, 1.807) is 24.7 Å². The van der Waals surface area contributed by atoms with Gasteiger partial charge in [0.05, 0.1) is 12.3 Å². The molecule has 166 valence electrons. The molecule has 8 heteroatoms. The van der Waals surface area contributed by atoms with Crippen LogP contribution in [0.1, 0.15) is 17.4 Å². The number of aromatic nitrogens is 1. The second-order valence-corrected chi connectivity index (χ2v) is 7.64. The molecule has 8 nitrogen and oxygen atoms in total. The summed E-state index contributed by atoms with van der Waals surface area (Å²) in [6.45, 7) is 3.94. The van der Waals surface area contributed by atoms with Gasteiger partial charge in [0, 0.05) is 57.3 Å². The minimum absolute atomic E-state index is 0.141. The number of carbonyl (C=O) groups excluding carboxylic acids is 2. The fourth-order valence-electron chi connectivity index (χ4n) is 3.86. The highest BCUT2D eigenvalue weighted by Gasteiger charge is 2.28. The van der Waals surface area contributed by atoms with Crippen molar-refractivity contribution in [2.75, 3.05) is 37.6 Å². The second-order valence-electron chi connectivity index (χ2n) is 7.64. The van der Waals surface area contributed by atoms with E-state index in [0.717, 1.165) is 37.5 Å². The molecule has 2 aromatic heterocycles. The molecule has 0 spiro atoms. The van der Waals surface area contributed by atoms with Gasteiger partial charge in [0.15, 0.2) is 0 Å². The normalized spacial score (nSPS) is 15.2. The van der Waals surface area contributed by atoms with Crippen LogP contribution in [0.15, 0.2) is 77.7 Å². The van der Waals surface area contributed by atoms with E-state index < -0.39 is 11.8 Å². The SMILES string of the molecule is O=C(NCc1cccnc1)C(=O)NC[C@@H](c1ccco1)N1CCN(c2ccccc2)CC1. The first-order valence-electron chi connectivity index (χ1n) is 10.7. The average molecular weight is 434 g/mol. The van der Waals surface area contributed by atoms with Gasteiger partial charge < -0.3 is 20.0 Å². The Hall–Kier alpha value is -3.65. The summed E-state index contributed by atoms with van der Waals surface area (Å²) in [6, 6.07) is 17.6. The van der Waals surface area contributed by atoms with Crippen molar-refractivity contribution in [2.45, 2.75) is 12.6 Å². The fourth-order valence-corrected chi connectivity index (χ4v) is 3.86. The Bertz CT molecular complexity index is 987. The van der Waals surface area contributed by atoms with Crippen LogP contribution in [0.2, 0.25) is 0 Å². The predicted molar refractivity (Wildman–Crippen MR) is 121 cm³/mol. The van der Waals surface area contributed by atoms with Gasteiger partial charge >= 0.3 is 11.8 Å². The number of nitrogens with one attached hydrogen (secondary N) is 2. The van der Waals surface area contributed by atoms with Gasteiger partial charge in [-0.3, -0.25) is 19.5 Å². The van der Waals surface area contributed by atoms with Crippen LogP contribution < -0.4 is 15.5 Å². The van der Waals surface area contributed by atoms with Gasteiger partial charge in [-0.2, -0.15) is 0 Å². The number of carbonyl (C=O) groups is 2. The summed E-state index contributed by atoms with van der Waals surface area (Å²) in [4.78, 5) is 33.2. The number of hydrogen-bond donors (Lipinski definition) is 2. The topological polar surface area (TPSA) is 90.7 Å². The lowest BCUT2D eigenvalue weighted by molar-refractivity contribution is -0.139. The summed E-state index contributed by atoms with van der Waals surface area (Å²) in [5, 5.41) is 5.39. The maximum absolute atomic E-state index is 12.4. The van der Waals surface area contributed by atoms with Crippen molar-refractivity contribution < 1.29 is 14.0 Å². The molecule has 3 heterocycles. The third kappa shape index (κ3) is 5.53. The Labute approximate surface area is 187 Å². The third-order valence-corrected chi connectivity index (χ3v) is 5.59. The molecule has 2 amide bonds. The van der Waals surface area contributed by atoms with Crippen molar-refractivity contribution in [2.24, 2.45) is 0 Å². The molecule has 32 heavy (non-hydrogen) atoms. The van der Waals surface area contributed by atoms with E-state index in [2.05, 4.69) is 37.6 Å². The standard InChI is InChI=1S/C24H27N5O3/c30-23(26-17-19-6-4-10-25-16-19)24(31)27-18-21(22-9-5-15-32-22)29-13-11-28(12-14-29)20-7-2-1-3-8-20/h1-10,15-16,21H,11-14,17-18H2,(H,26,30)(H,27,31)/t21-/m0/s1. The highest BCUT2D eigenvalue weighted by atomic mass is 16.3. The van der Waals surface area contributed by atoms with Gasteiger partial charge in [-0.1, -0.05) is 24.3 Å². The zero-order valence-electron chi connectivity index (χ0n) is 17.8. The second kappa shape index (κ2) is 10.6. The minimum atomic E-state index is -0.666. The molecule has 1 atom stereocenters. The number of pyridine rings is 1. The van der Waals surface area contributed by atoms with E-state index in [-0.39, 0.29) is 19.1 Å². The van der Waals surface area contributed by atoms with Crippen molar-refractivity contribution in [3.8, 4) is 0 Å². The highest BCUT2D eigenvalue weighted by Crippen LogP contribution is 2.24. The van der Waals surface area contributed by atoms with E-state index in [9.17, 15) is 9.59 Å². The van der Waals surface area contributed by atoms with Crippen molar-refractivity contribution >= 4 is 17.5 Å². The van der Waals surface area contributed by atoms with E-state index in [1.807, 2.05) is 36.4 Å². The zero-order chi connectivity index (χ0) is 22.2. The van der Waals surface area contributed by atoms with E-state index >= 15 is 0 Å². The van der Waals surface area contributed by atoms with Crippen molar-refractivity contribution in [1.29, 1.82) is 0 Å². The Morgan fingerprint density at radius 1 is 0.938 bits per heavy atom. The maximum Gasteiger partial charge on any atom is 0.309 e. The Kier molecular flexibility index (Phi) is 7.14. The van der Waals surface area contributed by atoms with Crippen LogP contribution in [0.3, 0.4) is 0 Å². The van der Waals surface area contributed by atoms with Crippen molar-refractivity contribution in [1.82, 2.24) is 20.5 Å². The molecule has 0 unspecified atom stereocenters. The van der Waals surface area contributed by atoms with Crippen LogP contribution in [-0.4, -0.2) is 54.4 Å². The summed E-state index contributed by atoms with van der Waals surface area (Å²) in [5.41, 5.74) is 2.04. The summed E-state index contributed by atoms with van der Waals surface area (Å²) in [5.74, 6) is -0.552. The fraction of sp³-hybridized carbons (Fsp3) is 0.292. The van der Waals surface area contributed by atoms with E-state index in [0.29, 0.717) is 0 Å². The molecule has 1 saturated heterocycles. The number of rotatable bonds is 7. The minimum Gasteiger partial charge on any atom is -0.468 e. The summed E-state index contributed by atoms with van der Waals surface area (Å²) in [7, 11) is 0. The number of benzene rings is 1. The van der Waals surface area contributed by atoms with Gasteiger partial charge in [0.25, 0.3) is 0 Å². The summed E-state index contributed by atoms with van der Waals surface area (Å²) >= 11 is 0. The number of para-hydroxylation sites is 1. The Morgan fingerprint density at radius 2 is 1.72 bits per heavy atom. The maximum atomic E-state index is 12.4. The highest BCUT2D eigenvalue weighted by molar-refractivity contribution is 6.35. The smallest absolute Gasteiger partial charge is 0.309 e. The molecule has 1 aromatic carbocycles. The molecular weight excluding hydrogens is 406 g/mol. The molecule has 0 bridgehead atoms. The lowest BCUT2D eigenvalue weighted by Crippen LogP contribution is -2.50.